The van der Waals surface area contributed by atoms with Crippen LogP contribution in [0.2, 0.25) is 5.02 Å². The number of benzene rings is 2. The van der Waals surface area contributed by atoms with Gasteiger partial charge < -0.3 is 14.5 Å². The molecule has 136 valence electrons. The van der Waals surface area contributed by atoms with Crippen molar-refractivity contribution in [3.05, 3.63) is 65.2 Å². The van der Waals surface area contributed by atoms with E-state index >= 15 is 0 Å². The van der Waals surface area contributed by atoms with Gasteiger partial charge in [-0.3, -0.25) is 9.59 Å². The molecule has 1 heterocycles. The van der Waals surface area contributed by atoms with Crippen molar-refractivity contribution in [2.75, 3.05) is 32.8 Å². The Morgan fingerprint density at radius 2 is 1.62 bits per heavy atom. The van der Waals surface area contributed by atoms with E-state index in [0.717, 1.165) is 5.75 Å². The second-order valence-electron chi connectivity index (χ2n) is 6.09. The van der Waals surface area contributed by atoms with E-state index in [2.05, 4.69) is 0 Å². The van der Waals surface area contributed by atoms with E-state index in [0.29, 0.717) is 49.8 Å². The Morgan fingerprint density at radius 3 is 2.31 bits per heavy atom. The van der Waals surface area contributed by atoms with Gasteiger partial charge in [0.2, 0.25) is 5.91 Å². The van der Waals surface area contributed by atoms with Crippen molar-refractivity contribution in [3.8, 4) is 5.75 Å². The first-order chi connectivity index (χ1) is 12.6. The maximum absolute atomic E-state index is 12.5. The van der Waals surface area contributed by atoms with Gasteiger partial charge in [-0.25, -0.2) is 0 Å². The molecule has 1 fully saturated rings. The minimum atomic E-state index is -0.0491. The minimum Gasteiger partial charge on any atom is -0.493 e. The van der Waals surface area contributed by atoms with Crippen LogP contribution >= 0.6 is 11.6 Å². The van der Waals surface area contributed by atoms with E-state index in [9.17, 15) is 9.59 Å². The number of rotatable bonds is 5. The second kappa shape index (κ2) is 8.72. The Bertz CT molecular complexity index is 759. The zero-order valence-electron chi connectivity index (χ0n) is 14.4. The summed E-state index contributed by atoms with van der Waals surface area (Å²) >= 11 is 5.95. The molecule has 6 heteroatoms. The Labute approximate surface area is 158 Å². The summed E-state index contributed by atoms with van der Waals surface area (Å²) in [6.45, 7) is 2.48. The molecule has 2 aromatic rings. The monoisotopic (exact) mass is 372 g/mol. The fourth-order valence-corrected chi connectivity index (χ4v) is 3.08. The fourth-order valence-electron chi connectivity index (χ4n) is 2.89. The van der Waals surface area contributed by atoms with Crippen molar-refractivity contribution >= 4 is 23.4 Å². The van der Waals surface area contributed by atoms with E-state index < -0.39 is 0 Å². The van der Waals surface area contributed by atoms with Crippen molar-refractivity contribution in [2.45, 2.75) is 6.42 Å². The molecule has 1 aliphatic heterocycles. The first kappa shape index (κ1) is 18.3. The third-order valence-corrected chi connectivity index (χ3v) is 4.55. The van der Waals surface area contributed by atoms with E-state index in [-0.39, 0.29) is 11.8 Å². The van der Waals surface area contributed by atoms with Crippen LogP contribution in [-0.2, 0) is 4.79 Å². The van der Waals surface area contributed by atoms with Crippen molar-refractivity contribution in [1.82, 2.24) is 9.80 Å². The van der Waals surface area contributed by atoms with Gasteiger partial charge >= 0.3 is 0 Å². The molecule has 0 aliphatic carbocycles. The molecule has 0 bridgehead atoms. The zero-order chi connectivity index (χ0) is 18.4. The molecule has 1 saturated heterocycles. The predicted octanol–water partition coefficient (Wildman–Crippen LogP) is 3.09. The SMILES string of the molecule is O=C(CCOc1ccccc1)N1CCN(C(=O)c2cccc(Cl)c2)CC1. The Balaban J connectivity index is 1.44. The van der Waals surface area contributed by atoms with Gasteiger partial charge in [-0.1, -0.05) is 35.9 Å². The lowest BCUT2D eigenvalue weighted by molar-refractivity contribution is -0.133. The van der Waals surface area contributed by atoms with Crippen molar-refractivity contribution in [3.63, 3.8) is 0 Å². The summed E-state index contributed by atoms with van der Waals surface area (Å²) < 4.78 is 5.57. The van der Waals surface area contributed by atoms with Gasteiger partial charge in [0.05, 0.1) is 13.0 Å². The molecule has 3 rings (SSSR count). The van der Waals surface area contributed by atoms with Crippen molar-refractivity contribution in [1.29, 1.82) is 0 Å². The zero-order valence-corrected chi connectivity index (χ0v) is 15.2. The van der Waals surface area contributed by atoms with Gasteiger partial charge in [0.25, 0.3) is 5.91 Å². The van der Waals surface area contributed by atoms with Gasteiger partial charge in [-0.15, -0.1) is 0 Å². The lowest BCUT2D eigenvalue weighted by Crippen LogP contribution is -2.50. The van der Waals surface area contributed by atoms with Gasteiger partial charge in [0.15, 0.2) is 0 Å². The van der Waals surface area contributed by atoms with E-state index in [1.165, 1.54) is 0 Å². The van der Waals surface area contributed by atoms with Crippen LogP contribution in [0, 0.1) is 0 Å². The molecular formula is C20H21ClN2O3. The third kappa shape index (κ3) is 4.76. The Hall–Kier alpha value is -2.53. The summed E-state index contributed by atoms with van der Waals surface area (Å²) in [4.78, 5) is 28.4. The highest BCUT2D eigenvalue weighted by Crippen LogP contribution is 2.15. The summed E-state index contributed by atoms with van der Waals surface area (Å²) in [5, 5.41) is 0.545. The van der Waals surface area contributed by atoms with Crippen LogP contribution in [0.1, 0.15) is 16.8 Å². The highest BCUT2D eigenvalue weighted by Gasteiger charge is 2.24. The second-order valence-corrected chi connectivity index (χ2v) is 6.53. The number of hydrogen-bond donors (Lipinski definition) is 0. The van der Waals surface area contributed by atoms with Gasteiger partial charge in [-0.2, -0.15) is 0 Å². The number of ether oxygens (including phenoxy) is 1. The summed E-state index contributed by atoms with van der Waals surface area (Å²) in [7, 11) is 0. The molecule has 0 unspecified atom stereocenters. The lowest BCUT2D eigenvalue weighted by atomic mass is 10.2. The van der Waals surface area contributed by atoms with E-state index in [1.54, 1.807) is 34.1 Å². The molecule has 2 amide bonds. The number of halogens is 1. The van der Waals surface area contributed by atoms with E-state index in [1.807, 2.05) is 30.3 Å². The largest absolute Gasteiger partial charge is 0.493 e. The number of carbonyl (C=O) groups excluding carboxylic acids is 2. The average molecular weight is 373 g/mol. The summed E-state index contributed by atoms with van der Waals surface area (Å²) in [5.74, 6) is 0.764. The predicted molar refractivity (Wildman–Crippen MR) is 100 cm³/mol. The van der Waals surface area contributed by atoms with E-state index in [4.69, 9.17) is 16.3 Å². The Kier molecular flexibility index (Phi) is 6.12. The first-order valence-corrected chi connectivity index (χ1v) is 9.02. The highest BCUT2D eigenvalue weighted by molar-refractivity contribution is 6.30. The van der Waals surface area contributed by atoms with Gasteiger partial charge in [0, 0.05) is 36.8 Å². The number of hydrogen-bond acceptors (Lipinski definition) is 3. The quantitative estimate of drug-likeness (QED) is 0.810. The molecule has 1 aliphatic rings. The molecule has 0 saturated carbocycles. The summed E-state index contributed by atoms with van der Waals surface area (Å²) in [6, 6.07) is 16.4. The first-order valence-electron chi connectivity index (χ1n) is 8.64. The smallest absolute Gasteiger partial charge is 0.254 e. The number of nitrogens with zero attached hydrogens (tertiary/aromatic N) is 2. The average Bonchev–Trinajstić information content (AvgIpc) is 2.68. The molecule has 0 N–H and O–H groups in total. The third-order valence-electron chi connectivity index (χ3n) is 4.32. The standard InChI is InChI=1S/C20H21ClN2O3/c21-17-6-4-5-16(15-17)20(25)23-12-10-22(11-13-23)19(24)9-14-26-18-7-2-1-3-8-18/h1-8,15H,9-14H2. The number of amides is 2. The molecule has 0 atom stereocenters. The van der Waals surface area contributed by atoms with Crippen LogP contribution < -0.4 is 4.74 Å². The van der Waals surface area contributed by atoms with Gasteiger partial charge in [0.1, 0.15) is 5.75 Å². The normalized spacial score (nSPS) is 14.2. The molecular weight excluding hydrogens is 352 g/mol. The fraction of sp³-hybridized carbons (Fsp3) is 0.300. The lowest BCUT2D eigenvalue weighted by Gasteiger charge is -2.35. The van der Waals surface area contributed by atoms with Crippen LogP contribution in [-0.4, -0.2) is 54.4 Å². The van der Waals surface area contributed by atoms with Crippen molar-refractivity contribution < 1.29 is 14.3 Å². The minimum absolute atomic E-state index is 0.0491. The summed E-state index contributed by atoms with van der Waals surface area (Å²) in [6.07, 6.45) is 0.330. The number of carbonyl (C=O) groups is 2. The molecule has 2 aromatic carbocycles. The number of para-hydroxylation sites is 1. The summed E-state index contributed by atoms with van der Waals surface area (Å²) in [5.41, 5.74) is 0.577. The molecule has 0 radical (unpaired) electrons. The van der Waals surface area contributed by atoms with Gasteiger partial charge in [-0.05, 0) is 30.3 Å². The van der Waals surface area contributed by atoms with Crippen molar-refractivity contribution in [2.24, 2.45) is 0 Å². The van der Waals surface area contributed by atoms with Crippen LogP contribution in [0.4, 0.5) is 0 Å². The Morgan fingerprint density at radius 1 is 0.923 bits per heavy atom. The topological polar surface area (TPSA) is 49.9 Å². The maximum Gasteiger partial charge on any atom is 0.254 e. The molecule has 0 aromatic heterocycles. The maximum atomic E-state index is 12.5. The van der Waals surface area contributed by atoms with Crippen LogP contribution in [0.15, 0.2) is 54.6 Å². The van der Waals surface area contributed by atoms with Crippen LogP contribution in [0.25, 0.3) is 0 Å². The van der Waals surface area contributed by atoms with Crippen LogP contribution in [0.5, 0.6) is 5.75 Å². The number of piperazine rings is 1. The van der Waals surface area contributed by atoms with Crippen LogP contribution in [0.3, 0.4) is 0 Å². The molecule has 5 nitrogen and oxygen atoms in total. The molecule has 0 spiro atoms. The highest BCUT2D eigenvalue weighted by atomic mass is 35.5. The molecule has 26 heavy (non-hydrogen) atoms.